The minimum absolute atomic E-state index is 0.0399. The number of anilines is 1. The fourth-order valence-corrected chi connectivity index (χ4v) is 3.79. The van der Waals surface area contributed by atoms with Crippen LogP contribution in [-0.4, -0.2) is 47.4 Å². The van der Waals surface area contributed by atoms with Crippen LogP contribution in [-0.2, 0) is 17.1 Å². The van der Waals surface area contributed by atoms with Crippen molar-refractivity contribution in [1.29, 1.82) is 0 Å². The maximum atomic E-state index is 11.3. The van der Waals surface area contributed by atoms with Crippen molar-refractivity contribution in [2.24, 2.45) is 0 Å². The van der Waals surface area contributed by atoms with Crippen LogP contribution >= 0.6 is 11.3 Å². The molecule has 1 atom stereocenters. The predicted molar refractivity (Wildman–Crippen MR) is 95.1 cm³/mol. The summed E-state index contributed by atoms with van der Waals surface area (Å²) in [5, 5.41) is 20.8. The van der Waals surface area contributed by atoms with Gasteiger partial charge in [-0.3, -0.25) is 10.1 Å². The summed E-state index contributed by atoms with van der Waals surface area (Å²) in [6.45, 7) is 1.32. The van der Waals surface area contributed by atoms with Gasteiger partial charge in [0.05, 0.1) is 12.0 Å². The Bertz CT molecular complexity index is 883. The quantitative estimate of drug-likeness (QED) is 0.194. The first-order chi connectivity index (χ1) is 12.6. The average Bonchev–Trinajstić information content (AvgIpc) is 3.12. The molecule has 0 fully saturated rings. The number of nitrogens with one attached hydrogen (secondary N) is 1. The number of benzene rings is 1. The summed E-state index contributed by atoms with van der Waals surface area (Å²) in [4.78, 5) is 31.4. The van der Waals surface area contributed by atoms with Crippen molar-refractivity contribution in [1.82, 2.24) is 0 Å². The number of hydrogen-bond acceptors (Lipinski definition) is 9. The number of nitro groups is 1. The van der Waals surface area contributed by atoms with E-state index in [9.17, 15) is 27.5 Å². The van der Waals surface area contributed by atoms with Crippen LogP contribution in [0.5, 0.6) is 0 Å². The zero-order chi connectivity index (χ0) is 20.6. The Labute approximate surface area is 159 Å². The summed E-state index contributed by atoms with van der Waals surface area (Å²) in [6.07, 6.45) is 0. The third-order valence-corrected chi connectivity index (χ3v) is 6.20. The predicted octanol–water partition coefficient (Wildman–Crippen LogP) is 1.15. The van der Waals surface area contributed by atoms with Crippen LogP contribution in [0, 0.1) is 10.1 Å². The molecular weight excluding hydrogens is 447 g/mol. The number of rotatable bonds is 5. The Kier molecular flexibility index (Phi) is 8.34. The van der Waals surface area contributed by atoms with Gasteiger partial charge < -0.3 is 4.74 Å². The van der Waals surface area contributed by atoms with Crippen LogP contribution in [0.4, 0.5) is 10.7 Å². The van der Waals surface area contributed by atoms with E-state index in [0.29, 0.717) is 5.69 Å². The minimum atomic E-state index is -4.83. The van der Waals surface area contributed by atoms with Crippen molar-refractivity contribution in [3.05, 3.63) is 51.4 Å². The van der Waals surface area contributed by atoms with E-state index >= 15 is 0 Å². The van der Waals surface area contributed by atoms with Gasteiger partial charge in [0, 0.05) is 6.07 Å². The second-order valence-corrected chi connectivity index (χ2v) is 9.39. The number of nitrogens with zero attached hydrogens (tertiary/aromatic N) is 1. The number of amides is 1. The molecule has 1 aromatic carbocycles. The molecule has 11 nitrogen and oxygen atoms in total. The first kappa shape index (κ1) is 22.5. The largest absolute Gasteiger partial charge is 0.465 e. The summed E-state index contributed by atoms with van der Waals surface area (Å²) >= 11 is -4.03. The molecule has 2 rings (SSSR count). The molecule has 3 N–H and O–H groups in total. The van der Waals surface area contributed by atoms with E-state index in [1.54, 1.807) is 6.07 Å². The van der Waals surface area contributed by atoms with Crippen LogP contribution in [0.1, 0.15) is 16.6 Å². The molecule has 1 heterocycles. The van der Waals surface area contributed by atoms with Gasteiger partial charge in [-0.1, -0.05) is 11.3 Å². The summed E-state index contributed by atoms with van der Waals surface area (Å²) in [5.41, 5.74) is 0.368. The standard InChI is InChI=1S/C8H10AsNO5.C6H5NO4S/c1-6(11)10-8-4-2-3-7(5-8)9(12,13)15-14;1-11-6(8)4-2-3-5(12-4)7(9)10/h2-5,14H,1H3,(H,10,11)(H,12,13);2-3H,1H3. The van der Waals surface area contributed by atoms with Gasteiger partial charge in [-0.15, -0.1) is 0 Å². The van der Waals surface area contributed by atoms with Crippen LogP contribution in [0.2, 0.25) is 0 Å². The molecule has 0 radical (unpaired) electrons. The maximum Gasteiger partial charge on any atom is 0.348 e. The SMILES string of the molecule is CC(=O)Nc1cccc([As](=O)(O)OO)c1.COC(=O)c1ccc([N+](=O)[O-])s1. The Morgan fingerprint density at radius 2 is 1.96 bits per heavy atom. The smallest absolute Gasteiger partial charge is 0.348 e. The molecule has 0 saturated heterocycles. The zero-order valence-corrected chi connectivity index (χ0v) is 16.7. The van der Waals surface area contributed by atoms with Gasteiger partial charge in [0.15, 0.2) is 0 Å². The third kappa shape index (κ3) is 6.96. The first-order valence-corrected chi connectivity index (χ1v) is 11.1. The van der Waals surface area contributed by atoms with Crippen LogP contribution in [0.15, 0.2) is 36.4 Å². The first-order valence-electron chi connectivity index (χ1n) is 6.97. The summed E-state index contributed by atoms with van der Waals surface area (Å²) in [6, 6.07) is 8.28. The van der Waals surface area contributed by atoms with E-state index < -0.39 is 25.1 Å². The molecule has 0 aliphatic rings. The number of carbonyl (C=O) groups excluding carboxylic acids is 2. The van der Waals surface area contributed by atoms with Gasteiger partial charge in [-0.05, 0) is 6.07 Å². The number of carbonyl (C=O) groups is 2. The van der Waals surface area contributed by atoms with Crippen molar-refractivity contribution < 1.29 is 36.2 Å². The van der Waals surface area contributed by atoms with Crippen molar-refractivity contribution in [2.75, 3.05) is 12.4 Å². The molecule has 0 aliphatic carbocycles. The van der Waals surface area contributed by atoms with Crippen LogP contribution in [0.25, 0.3) is 0 Å². The monoisotopic (exact) mass is 462 g/mol. The molecule has 146 valence electrons. The van der Waals surface area contributed by atoms with Crippen LogP contribution in [0.3, 0.4) is 0 Å². The molecule has 1 aromatic heterocycles. The number of methoxy groups -OCH3 is 1. The minimum Gasteiger partial charge on any atom is -0.465 e. The van der Waals surface area contributed by atoms with Crippen LogP contribution < -0.4 is 9.67 Å². The van der Waals surface area contributed by atoms with Gasteiger partial charge in [0.25, 0.3) is 0 Å². The second kappa shape index (κ2) is 9.99. The second-order valence-electron chi connectivity index (χ2n) is 4.72. The fourth-order valence-electron chi connectivity index (χ4n) is 1.65. The van der Waals surface area contributed by atoms with E-state index in [1.165, 1.54) is 44.4 Å². The molecule has 0 aliphatic heterocycles. The molecule has 27 heavy (non-hydrogen) atoms. The van der Waals surface area contributed by atoms with Gasteiger partial charge in [-0.25, -0.2) is 4.79 Å². The molecular formula is C14H15AsN2O9S. The van der Waals surface area contributed by atoms with E-state index in [-0.39, 0.29) is 20.1 Å². The van der Waals surface area contributed by atoms with Crippen molar-refractivity contribution >= 4 is 52.4 Å². The molecule has 13 heteroatoms. The number of hydrogen-bond donors (Lipinski definition) is 3. The summed E-state index contributed by atoms with van der Waals surface area (Å²) < 4.78 is 28.3. The topological polar surface area (TPSA) is 165 Å². The van der Waals surface area contributed by atoms with E-state index in [4.69, 9.17) is 5.26 Å². The van der Waals surface area contributed by atoms with Crippen molar-refractivity contribution in [3.63, 3.8) is 0 Å². The van der Waals surface area contributed by atoms with E-state index in [2.05, 4.69) is 13.9 Å². The van der Waals surface area contributed by atoms with E-state index in [1.807, 2.05) is 0 Å². The normalized spacial score (nSPS) is 12.1. The molecule has 1 unspecified atom stereocenters. The average molecular weight is 462 g/mol. The third-order valence-electron chi connectivity index (χ3n) is 2.76. The van der Waals surface area contributed by atoms with Gasteiger partial charge in [-0.2, -0.15) is 0 Å². The fraction of sp³-hybridized carbons (Fsp3) is 0.143. The Hall–Kier alpha value is -2.50. The molecule has 0 saturated carbocycles. The number of esters is 1. The summed E-state index contributed by atoms with van der Waals surface area (Å²) in [7, 11) is 1.23. The zero-order valence-electron chi connectivity index (χ0n) is 14.0. The van der Waals surface area contributed by atoms with Gasteiger partial charge >= 0.3 is 99.4 Å². The number of thiophene rings is 1. The maximum absolute atomic E-state index is 11.3. The number of ether oxygens (including phenoxy) is 1. The molecule has 1 amide bonds. The Morgan fingerprint density at radius 1 is 1.30 bits per heavy atom. The van der Waals surface area contributed by atoms with Gasteiger partial charge in [0.1, 0.15) is 4.88 Å². The van der Waals surface area contributed by atoms with E-state index in [0.717, 1.165) is 11.3 Å². The van der Waals surface area contributed by atoms with Crippen molar-refractivity contribution in [2.45, 2.75) is 6.92 Å². The summed E-state index contributed by atoms with van der Waals surface area (Å²) in [5.74, 6) is -0.842. The Morgan fingerprint density at radius 3 is 2.44 bits per heavy atom. The van der Waals surface area contributed by atoms with Crippen molar-refractivity contribution in [3.8, 4) is 0 Å². The van der Waals surface area contributed by atoms with Gasteiger partial charge in [0.2, 0.25) is 0 Å². The Balaban J connectivity index is 0.000000277. The molecule has 0 bridgehead atoms. The molecule has 0 spiro atoms. The molecule has 2 aromatic rings.